The van der Waals surface area contributed by atoms with Crippen LogP contribution in [0.5, 0.6) is 0 Å². The van der Waals surface area contributed by atoms with Crippen molar-refractivity contribution in [1.82, 2.24) is 0 Å². The van der Waals surface area contributed by atoms with E-state index in [1.54, 1.807) is 0 Å². The molecule has 39 heavy (non-hydrogen) atoms. The Labute approximate surface area is 241 Å². The van der Waals surface area contributed by atoms with E-state index in [2.05, 4.69) is 38.2 Å². The largest absolute Gasteiger partial charge is 0.462 e. The Morgan fingerprint density at radius 1 is 0.564 bits per heavy atom. The van der Waals surface area contributed by atoms with Crippen molar-refractivity contribution in [1.29, 1.82) is 0 Å². The van der Waals surface area contributed by atoms with Gasteiger partial charge in [-0.15, -0.1) is 0 Å². The standard InChI is InChI=1S/C34H62O5/c1-3-5-7-9-11-13-15-17-19-21-23-25-27-29-34(37)39-32(30-35)31-38-33(36)28-26-24-22-20-18-16-14-12-10-8-6-4-2/h12-15,32,35H,3-11,16-31H2,1-2H3/b14-12+,15-13+/t32-/m1/s1. The summed E-state index contributed by atoms with van der Waals surface area (Å²) in [6.45, 7) is 4.06. The van der Waals surface area contributed by atoms with Gasteiger partial charge in [0.1, 0.15) is 6.61 Å². The summed E-state index contributed by atoms with van der Waals surface area (Å²) in [7, 11) is 0. The second kappa shape index (κ2) is 30.9. The number of esters is 2. The van der Waals surface area contributed by atoms with Crippen LogP contribution in [0.25, 0.3) is 0 Å². The minimum atomic E-state index is -0.773. The molecule has 0 saturated heterocycles. The molecule has 5 nitrogen and oxygen atoms in total. The minimum Gasteiger partial charge on any atom is -0.462 e. The third-order valence-electron chi connectivity index (χ3n) is 6.97. The maximum absolute atomic E-state index is 12.1. The average Bonchev–Trinajstić information content (AvgIpc) is 2.94. The molecule has 0 heterocycles. The van der Waals surface area contributed by atoms with Gasteiger partial charge in [0.2, 0.25) is 0 Å². The molecule has 0 bridgehead atoms. The molecule has 0 aliphatic heterocycles. The third kappa shape index (κ3) is 29.2. The predicted molar refractivity (Wildman–Crippen MR) is 164 cm³/mol. The SMILES string of the molecule is CCCCC/C=C/CCCCCCCC(=O)OC[C@@H](CO)OC(=O)CCCCCCC/C=C/CCCCCC. The van der Waals surface area contributed by atoms with Crippen molar-refractivity contribution in [3.63, 3.8) is 0 Å². The van der Waals surface area contributed by atoms with Gasteiger partial charge in [0.25, 0.3) is 0 Å². The van der Waals surface area contributed by atoms with E-state index in [0.29, 0.717) is 12.8 Å². The lowest BCUT2D eigenvalue weighted by atomic mass is 10.1. The maximum Gasteiger partial charge on any atom is 0.306 e. The summed E-state index contributed by atoms with van der Waals surface area (Å²) in [6.07, 6.45) is 33.7. The number of unbranched alkanes of at least 4 members (excludes halogenated alkanes) is 17. The van der Waals surface area contributed by atoms with Gasteiger partial charge >= 0.3 is 11.9 Å². The van der Waals surface area contributed by atoms with Gasteiger partial charge in [0.05, 0.1) is 6.61 Å². The third-order valence-corrected chi connectivity index (χ3v) is 6.97. The van der Waals surface area contributed by atoms with Crippen LogP contribution in [0.4, 0.5) is 0 Å². The Morgan fingerprint density at radius 3 is 1.44 bits per heavy atom. The molecule has 0 aromatic carbocycles. The zero-order chi connectivity index (χ0) is 28.7. The van der Waals surface area contributed by atoms with Crippen LogP contribution in [0.3, 0.4) is 0 Å². The average molecular weight is 551 g/mol. The van der Waals surface area contributed by atoms with Crippen molar-refractivity contribution < 1.29 is 24.2 Å². The normalized spacial score (nSPS) is 12.4. The molecule has 0 rings (SSSR count). The van der Waals surface area contributed by atoms with Crippen molar-refractivity contribution in [2.24, 2.45) is 0 Å². The molecular formula is C34H62O5. The summed E-state index contributed by atoms with van der Waals surface area (Å²) in [5, 5.41) is 9.48. The van der Waals surface area contributed by atoms with E-state index in [9.17, 15) is 14.7 Å². The Bertz CT molecular complexity index is 598. The van der Waals surface area contributed by atoms with E-state index < -0.39 is 6.10 Å². The Morgan fingerprint density at radius 2 is 0.949 bits per heavy atom. The number of carbonyl (C=O) groups excluding carboxylic acids is 2. The van der Waals surface area contributed by atoms with Gasteiger partial charge in [-0.25, -0.2) is 0 Å². The molecule has 0 amide bonds. The number of allylic oxidation sites excluding steroid dienone is 4. The fourth-order valence-corrected chi connectivity index (χ4v) is 4.42. The number of hydrogen-bond acceptors (Lipinski definition) is 5. The van der Waals surface area contributed by atoms with Crippen molar-refractivity contribution in [2.45, 2.75) is 168 Å². The van der Waals surface area contributed by atoms with E-state index in [4.69, 9.17) is 9.47 Å². The highest BCUT2D eigenvalue weighted by molar-refractivity contribution is 5.70. The van der Waals surface area contributed by atoms with Crippen LogP contribution in [0.15, 0.2) is 24.3 Å². The molecule has 1 N–H and O–H groups in total. The molecule has 1 atom stereocenters. The van der Waals surface area contributed by atoms with E-state index in [1.807, 2.05) is 0 Å². The summed E-state index contributed by atoms with van der Waals surface area (Å²) in [6, 6.07) is 0. The monoisotopic (exact) mass is 550 g/mol. The summed E-state index contributed by atoms with van der Waals surface area (Å²) < 4.78 is 10.5. The second-order valence-electron chi connectivity index (χ2n) is 10.9. The lowest BCUT2D eigenvalue weighted by Gasteiger charge is -2.15. The molecule has 228 valence electrons. The van der Waals surface area contributed by atoms with Crippen LogP contribution in [0, 0.1) is 0 Å². The fourth-order valence-electron chi connectivity index (χ4n) is 4.42. The first-order chi connectivity index (χ1) is 19.1. The molecule has 0 aliphatic rings. The Hall–Kier alpha value is -1.62. The van der Waals surface area contributed by atoms with E-state index >= 15 is 0 Å². The number of carbonyl (C=O) groups is 2. The number of ether oxygens (including phenoxy) is 2. The van der Waals surface area contributed by atoms with Crippen LogP contribution in [0.1, 0.15) is 162 Å². The van der Waals surface area contributed by atoms with Crippen LogP contribution < -0.4 is 0 Å². The fraction of sp³-hybridized carbons (Fsp3) is 0.824. The number of aliphatic hydroxyl groups is 1. The summed E-state index contributed by atoms with van der Waals surface area (Å²) in [5.41, 5.74) is 0. The number of rotatable bonds is 29. The molecule has 0 aromatic rings. The minimum absolute atomic E-state index is 0.0716. The van der Waals surface area contributed by atoms with Gasteiger partial charge in [0.15, 0.2) is 6.10 Å². The van der Waals surface area contributed by atoms with E-state index in [1.165, 1.54) is 83.5 Å². The van der Waals surface area contributed by atoms with Gasteiger partial charge in [-0.2, -0.15) is 0 Å². The highest BCUT2D eigenvalue weighted by Gasteiger charge is 2.16. The van der Waals surface area contributed by atoms with Crippen molar-refractivity contribution >= 4 is 11.9 Å². The van der Waals surface area contributed by atoms with Gasteiger partial charge in [0, 0.05) is 12.8 Å². The van der Waals surface area contributed by atoms with Crippen molar-refractivity contribution in [3.05, 3.63) is 24.3 Å². The first kappa shape index (κ1) is 37.4. The number of aliphatic hydroxyl groups excluding tert-OH is 1. The van der Waals surface area contributed by atoms with Gasteiger partial charge in [-0.3, -0.25) is 9.59 Å². The maximum atomic E-state index is 12.1. The predicted octanol–water partition coefficient (Wildman–Crippen LogP) is 9.56. The highest BCUT2D eigenvalue weighted by Crippen LogP contribution is 2.11. The summed E-state index contributed by atoms with van der Waals surface area (Å²) in [4.78, 5) is 24.1. The van der Waals surface area contributed by atoms with Crippen molar-refractivity contribution in [2.75, 3.05) is 13.2 Å². The molecule has 0 spiro atoms. The molecule has 0 saturated carbocycles. The topological polar surface area (TPSA) is 72.8 Å². The quantitative estimate of drug-likeness (QED) is 0.0570. The lowest BCUT2D eigenvalue weighted by molar-refractivity contribution is -0.161. The zero-order valence-corrected chi connectivity index (χ0v) is 25.6. The van der Waals surface area contributed by atoms with Gasteiger partial charge in [-0.05, 0) is 64.2 Å². The molecule has 0 aliphatic carbocycles. The van der Waals surface area contributed by atoms with E-state index in [0.717, 1.165) is 51.4 Å². The van der Waals surface area contributed by atoms with Crippen LogP contribution >= 0.6 is 0 Å². The highest BCUT2D eigenvalue weighted by atomic mass is 16.6. The summed E-state index contributed by atoms with van der Waals surface area (Å²) >= 11 is 0. The zero-order valence-electron chi connectivity index (χ0n) is 25.6. The second-order valence-corrected chi connectivity index (χ2v) is 10.9. The number of hydrogen-bond donors (Lipinski definition) is 1. The smallest absolute Gasteiger partial charge is 0.306 e. The van der Waals surface area contributed by atoms with Gasteiger partial charge < -0.3 is 14.6 Å². The van der Waals surface area contributed by atoms with Crippen LogP contribution in [-0.2, 0) is 19.1 Å². The Balaban J connectivity index is 3.62. The molecular weight excluding hydrogens is 488 g/mol. The first-order valence-corrected chi connectivity index (χ1v) is 16.4. The first-order valence-electron chi connectivity index (χ1n) is 16.4. The molecule has 5 heteroatoms. The van der Waals surface area contributed by atoms with Crippen molar-refractivity contribution in [3.8, 4) is 0 Å². The van der Waals surface area contributed by atoms with Crippen LogP contribution in [-0.4, -0.2) is 36.4 Å². The lowest BCUT2D eigenvalue weighted by Crippen LogP contribution is -2.28. The summed E-state index contributed by atoms with van der Waals surface area (Å²) in [5.74, 6) is -0.613. The Kier molecular flexibility index (Phi) is 29.6. The van der Waals surface area contributed by atoms with Crippen LogP contribution in [0.2, 0.25) is 0 Å². The van der Waals surface area contributed by atoms with Gasteiger partial charge in [-0.1, -0.05) is 109 Å². The molecule has 0 unspecified atom stereocenters. The molecule has 0 fully saturated rings. The van der Waals surface area contributed by atoms with E-state index in [-0.39, 0.29) is 25.2 Å². The molecule has 0 radical (unpaired) electrons. The molecule has 0 aromatic heterocycles.